The van der Waals surface area contributed by atoms with Crippen molar-refractivity contribution in [2.24, 2.45) is 5.73 Å². The lowest BCUT2D eigenvalue weighted by Crippen LogP contribution is -2.46. The topological polar surface area (TPSA) is 61.6 Å². The highest BCUT2D eigenvalue weighted by Gasteiger charge is 2.14. The third-order valence-electron chi connectivity index (χ3n) is 3.01. The molecular weight excluding hydrogens is 204 g/mol. The molecule has 0 radical (unpaired) electrons. The summed E-state index contributed by atoms with van der Waals surface area (Å²) in [6.45, 7) is 7.61. The standard InChI is InChI=1S/C11H24N4O/c1-10(9-12)13-11(16)3-4-15-7-5-14(2)6-8-15/h10H,3-9,12H2,1-2H3,(H,13,16). The number of piperazine rings is 1. The van der Waals surface area contributed by atoms with Crippen LogP contribution in [0.3, 0.4) is 0 Å². The number of carbonyl (C=O) groups excluding carboxylic acids is 1. The molecule has 1 unspecified atom stereocenters. The van der Waals surface area contributed by atoms with E-state index in [4.69, 9.17) is 5.73 Å². The van der Waals surface area contributed by atoms with Crippen molar-refractivity contribution in [2.75, 3.05) is 46.3 Å². The Kier molecular flexibility index (Phi) is 5.73. The zero-order chi connectivity index (χ0) is 12.0. The van der Waals surface area contributed by atoms with Crippen molar-refractivity contribution in [3.63, 3.8) is 0 Å². The van der Waals surface area contributed by atoms with Crippen LogP contribution in [0.1, 0.15) is 13.3 Å². The largest absolute Gasteiger partial charge is 0.352 e. The Hall–Kier alpha value is -0.650. The lowest BCUT2D eigenvalue weighted by Gasteiger charge is -2.32. The van der Waals surface area contributed by atoms with E-state index in [0.29, 0.717) is 13.0 Å². The van der Waals surface area contributed by atoms with Crippen molar-refractivity contribution >= 4 is 5.91 Å². The first kappa shape index (κ1) is 13.4. The summed E-state index contributed by atoms with van der Waals surface area (Å²) in [6, 6.07) is 0.0833. The highest BCUT2D eigenvalue weighted by molar-refractivity contribution is 5.76. The van der Waals surface area contributed by atoms with Crippen LogP contribution in [0.4, 0.5) is 0 Å². The minimum absolute atomic E-state index is 0.0833. The molecule has 16 heavy (non-hydrogen) atoms. The molecule has 1 rings (SSSR count). The van der Waals surface area contributed by atoms with Gasteiger partial charge in [-0.1, -0.05) is 0 Å². The highest BCUT2D eigenvalue weighted by Crippen LogP contribution is 1.99. The molecule has 5 nitrogen and oxygen atoms in total. The normalized spacial score (nSPS) is 20.7. The van der Waals surface area contributed by atoms with E-state index in [1.54, 1.807) is 0 Å². The van der Waals surface area contributed by atoms with Crippen LogP contribution in [0.25, 0.3) is 0 Å². The highest BCUT2D eigenvalue weighted by atomic mass is 16.1. The Balaban J connectivity index is 2.12. The molecule has 0 saturated carbocycles. The number of amides is 1. The van der Waals surface area contributed by atoms with Crippen LogP contribution in [0.15, 0.2) is 0 Å². The molecule has 1 amide bonds. The van der Waals surface area contributed by atoms with E-state index >= 15 is 0 Å². The van der Waals surface area contributed by atoms with Gasteiger partial charge in [0, 0.05) is 51.7 Å². The fourth-order valence-corrected chi connectivity index (χ4v) is 1.74. The molecule has 1 aliphatic heterocycles. The first-order valence-corrected chi connectivity index (χ1v) is 6.02. The molecular formula is C11H24N4O. The van der Waals surface area contributed by atoms with Gasteiger partial charge in [-0.3, -0.25) is 4.79 Å². The molecule has 1 heterocycles. The molecule has 94 valence electrons. The Morgan fingerprint density at radius 2 is 2.00 bits per heavy atom. The van der Waals surface area contributed by atoms with Crippen molar-refractivity contribution < 1.29 is 4.79 Å². The van der Waals surface area contributed by atoms with Gasteiger partial charge in [-0.25, -0.2) is 0 Å². The Morgan fingerprint density at radius 3 is 2.56 bits per heavy atom. The van der Waals surface area contributed by atoms with Crippen molar-refractivity contribution in [3.05, 3.63) is 0 Å². The predicted molar refractivity (Wildman–Crippen MR) is 65.2 cm³/mol. The number of nitrogens with two attached hydrogens (primary N) is 1. The van der Waals surface area contributed by atoms with Crippen LogP contribution in [0.2, 0.25) is 0 Å². The van der Waals surface area contributed by atoms with E-state index in [0.717, 1.165) is 32.7 Å². The third-order valence-corrected chi connectivity index (χ3v) is 3.01. The van der Waals surface area contributed by atoms with E-state index < -0.39 is 0 Å². The molecule has 3 N–H and O–H groups in total. The first-order chi connectivity index (χ1) is 7.61. The van der Waals surface area contributed by atoms with E-state index in [-0.39, 0.29) is 11.9 Å². The lowest BCUT2D eigenvalue weighted by molar-refractivity contribution is -0.122. The summed E-state index contributed by atoms with van der Waals surface area (Å²) >= 11 is 0. The summed E-state index contributed by atoms with van der Waals surface area (Å²) in [7, 11) is 2.13. The smallest absolute Gasteiger partial charge is 0.221 e. The molecule has 1 atom stereocenters. The SMILES string of the molecule is CC(CN)NC(=O)CCN1CCN(C)CC1. The Labute approximate surface area is 98.0 Å². The number of likely N-dealkylation sites (N-methyl/N-ethyl adjacent to an activating group) is 1. The van der Waals surface area contributed by atoms with E-state index in [9.17, 15) is 4.79 Å². The maximum Gasteiger partial charge on any atom is 0.221 e. The first-order valence-electron chi connectivity index (χ1n) is 6.02. The molecule has 0 aromatic rings. The number of nitrogens with one attached hydrogen (secondary N) is 1. The Morgan fingerprint density at radius 1 is 1.38 bits per heavy atom. The second-order valence-electron chi connectivity index (χ2n) is 4.60. The average Bonchev–Trinajstić information content (AvgIpc) is 2.28. The number of hydrogen-bond acceptors (Lipinski definition) is 4. The van der Waals surface area contributed by atoms with Gasteiger partial charge in [-0.05, 0) is 14.0 Å². The van der Waals surface area contributed by atoms with Gasteiger partial charge in [-0.2, -0.15) is 0 Å². The zero-order valence-electron chi connectivity index (χ0n) is 10.4. The van der Waals surface area contributed by atoms with Crippen LogP contribution in [-0.4, -0.2) is 68.1 Å². The molecule has 0 spiro atoms. The molecule has 1 saturated heterocycles. The molecule has 1 fully saturated rings. The fraction of sp³-hybridized carbons (Fsp3) is 0.909. The number of rotatable bonds is 5. The van der Waals surface area contributed by atoms with Gasteiger partial charge < -0.3 is 20.9 Å². The molecule has 5 heteroatoms. The van der Waals surface area contributed by atoms with E-state index in [1.165, 1.54) is 0 Å². The van der Waals surface area contributed by atoms with Gasteiger partial charge >= 0.3 is 0 Å². The van der Waals surface area contributed by atoms with Gasteiger partial charge in [-0.15, -0.1) is 0 Å². The zero-order valence-corrected chi connectivity index (χ0v) is 10.4. The minimum atomic E-state index is 0.0833. The maximum absolute atomic E-state index is 11.5. The van der Waals surface area contributed by atoms with Crippen LogP contribution in [0.5, 0.6) is 0 Å². The molecule has 0 aromatic heterocycles. The predicted octanol–water partition coefficient (Wildman–Crippen LogP) is -0.913. The fourth-order valence-electron chi connectivity index (χ4n) is 1.74. The van der Waals surface area contributed by atoms with Crippen LogP contribution in [-0.2, 0) is 4.79 Å². The number of hydrogen-bond donors (Lipinski definition) is 2. The van der Waals surface area contributed by atoms with Crippen molar-refractivity contribution in [1.29, 1.82) is 0 Å². The van der Waals surface area contributed by atoms with Crippen molar-refractivity contribution in [3.8, 4) is 0 Å². The number of carbonyl (C=O) groups is 1. The number of nitrogens with zero attached hydrogens (tertiary/aromatic N) is 2. The van der Waals surface area contributed by atoms with E-state index in [2.05, 4.69) is 22.2 Å². The quantitative estimate of drug-likeness (QED) is 0.639. The summed E-state index contributed by atoms with van der Waals surface area (Å²) in [4.78, 5) is 16.2. The summed E-state index contributed by atoms with van der Waals surface area (Å²) in [6.07, 6.45) is 0.577. The molecule has 0 bridgehead atoms. The second kappa shape index (κ2) is 6.83. The van der Waals surface area contributed by atoms with Crippen molar-refractivity contribution in [1.82, 2.24) is 15.1 Å². The molecule has 0 aliphatic carbocycles. The van der Waals surface area contributed by atoms with Crippen molar-refractivity contribution in [2.45, 2.75) is 19.4 Å². The maximum atomic E-state index is 11.5. The third kappa shape index (κ3) is 4.92. The summed E-state index contributed by atoms with van der Waals surface area (Å²) in [5.41, 5.74) is 5.44. The molecule has 1 aliphatic rings. The lowest BCUT2D eigenvalue weighted by atomic mass is 10.2. The summed E-state index contributed by atoms with van der Waals surface area (Å²) in [5.74, 6) is 0.108. The average molecular weight is 228 g/mol. The van der Waals surface area contributed by atoms with Gasteiger partial charge in [0.2, 0.25) is 5.91 Å². The van der Waals surface area contributed by atoms with Gasteiger partial charge in [0.25, 0.3) is 0 Å². The van der Waals surface area contributed by atoms with Gasteiger partial charge in [0.1, 0.15) is 0 Å². The van der Waals surface area contributed by atoms with Gasteiger partial charge in [0.05, 0.1) is 0 Å². The van der Waals surface area contributed by atoms with Gasteiger partial charge in [0.15, 0.2) is 0 Å². The molecule has 0 aromatic carbocycles. The van der Waals surface area contributed by atoms with Crippen LogP contribution in [0, 0.1) is 0 Å². The second-order valence-corrected chi connectivity index (χ2v) is 4.60. The minimum Gasteiger partial charge on any atom is -0.352 e. The summed E-state index contributed by atoms with van der Waals surface area (Å²) < 4.78 is 0. The van der Waals surface area contributed by atoms with Crippen LogP contribution >= 0.6 is 0 Å². The summed E-state index contributed by atoms with van der Waals surface area (Å²) in [5, 5.41) is 2.88. The Bertz CT molecular complexity index is 214. The van der Waals surface area contributed by atoms with E-state index in [1.807, 2.05) is 6.92 Å². The monoisotopic (exact) mass is 228 g/mol. The van der Waals surface area contributed by atoms with Crippen LogP contribution < -0.4 is 11.1 Å².